The summed E-state index contributed by atoms with van der Waals surface area (Å²) in [4.78, 5) is 29.6. The highest BCUT2D eigenvalue weighted by molar-refractivity contribution is 5.73. The molecule has 0 atom stereocenters. The largest absolute Gasteiger partial charge is 0.465 e. The fraction of sp³-hybridized carbons (Fsp3) is 0.519. The van der Waals surface area contributed by atoms with Crippen LogP contribution in [-0.2, 0) is 57.8 Å². The van der Waals surface area contributed by atoms with E-state index in [1.807, 2.05) is 25.1 Å². The van der Waals surface area contributed by atoms with E-state index >= 15 is 0 Å². The molecule has 3 heterocycles. The highest BCUT2D eigenvalue weighted by atomic mass is 16.5. The molecule has 0 unspecified atom stereocenters. The van der Waals surface area contributed by atoms with E-state index in [-0.39, 0.29) is 25.0 Å². The number of hydrogen-bond acceptors (Lipinski definition) is 7. The van der Waals surface area contributed by atoms with E-state index in [1.165, 1.54) is 5.56 Å². The summed E-state index contributed by atoms with van der Waals surface area (Å²) in [5.41, 5.74) is 7.73. The zero-order chi connectivity index (χ0) is 25.1. The summed E-state index contributed by atoms with van der Waals surface area (Å²) in [5, 5.41) is 9.63. The van der Waals surface area contributed by atoms with Gasteiger partial charge in [0, 0.05) is 16.8 Å². The van der Waals surface area contributed by atoms with Gasteiger partial charge in [0.05, 0.1) is 36.0 Å². The first kappa shape index (κ1) is 24.2. The van der Waals surface area contributed by atoms with Crippen molar-refractivity contribution in [3.63, 3.8) is 0 Å². The number of ether oxygens (including phenoxy) is 2. The molecular weight excluding hydrogens is 458 g/mol. The van der Waals surface area contributed by atoms with Gasteiger partial charge in [-0.3, -0.25) is 19.0 Å². The number of hydrogen-bond donors (Lipinski definition) is 0. The van der Waals surface area contributed by atoms with Gasteiger partial charge in [0.25, 0.3) is 0 Å². The Morgan fingerprint density at radius 1 is 0.806 bits per heavy atom. The maximum atomic E-state index is 12.3. The number of rotatable bonds is 8. The van der Waals surface area contributed by atoms with Crippen LogP contribution in [0, 0.1) is 0 Å². The average Bonchev–Trinajstić information content (AvgIpc) is 3.42. The summed E-state index contributed by atoms with van der Waals surface area (Å²) in [6.07, 6.45) is 7.98. The molecule has 3 aromatic rings. The Labute approximate surface area is 210 Å². The lowest BCUT2D eigenvalue weighted by molar-refractivity contribution is -0.145. The topological polar surface area (TPSA) is 101 Å². The number of aromatic nitrogens is 5. The van der Waals surface area contributed by atoms with Crippen LogP contribution in [0.5, 0.6) is 0 Å². The minimum atomic E-state index is -0.304. The number of esters is 2. The first-order valence-corrected chi connectivity index (χ1v) is 13.0. The second-order valence-corrected chi connectivity index (χ2v) is 9.30. The van der Waals surface area contributed by atoms with Crippen molar-refractivity contribution >= 4 is 11.9 Å². The fourth-order valence-corrected chi connectivity index (χ4v) is 5.37. The molecule has 0 aliphatic heterocycles. The molecule has 2 aliphatic rings. The first-order chi connectivity index (χ1) is 17.6. The van der Waals surface area contributed by atoms with Crippen LogP contribution < -0.4 is 0 Å². The van der Waals surface area contributed by atoms with Gasteiger partial charge < -0.3 is 9.47 Å². The van der Waals surface area contributed by atoms with Crippen LogP contribution in [0.2, 0.25) is 0 Å². The molecule has 0 saturated heterocycles. The molecule has 0 saturated carbocycles. The predicted molar refractivity (Wildman–Crippen MR) is 133 cm³/mol. The summed E-state index contributed by atoms with van der Waals surface area (Å²) in [6, 6.07) is 5.92. The molecule has 9 heteroatoms. The lowest BCUT2D eigenvalue weighted by atomic mass is 9.94. The quantitative estimate of drug-likeness (QED) is 0.443. The molecule has 0 spiro atoms. The Morgan fingerprint density at radius 2 is 1.44 bits per heavy atom. The maximum Gasteiger partial charge on any atom is 0.327 e. The molecule has 0 fully saturated rings. The molecule has 5 rings (SSSR count). The van der Waals surface area contributed by atoms with Crippen molar-refractivity contribution < 1.29 is 19.1 Å². The molecular formula is C27H33N5O4. The van der Waals surface area contributed by atoms with Gasteiger partial charge in [-0.15, -0.1) is 0 Å². The van der Waals surface area contributed by atoms with Crippen molar-refractivity contribution in [1.29, 1.82) is 0 Å². The second kappa shape index (κ2) is 10.6. The fourth-order valence-electron chi connectivity index (χ4n) is 5.37. The molecule has 0 bridgehead atoms. The van der Waals surface area contributed by atoms with Crippen molar-refractivity contribution in [1.82, 2.24) is 24.5 Å². The average molecular weight is 492 g/mol. The third-order valence-corrected chi connectivity index (χ3v) is 6.88. The highest BCUT2D eigenvalue weighted by Crippen LogP contribution is 2.34. The van der Waals surface area contributed by atoms with Gasteiger partial charge in [0.15, 0.2) is 0 Å². The van der Waals surface area contributed by atoms with Crippen molar-refractivity contribution in [2.75, 3.05) is 13.2 Å². The van der Waals surface area contributed by atoms with Crippen molar-refractivity contribution in [2.24, 2.45) is 0 Å². The van der Waals surface area contributed by atoms with Gasteiger partial charge in [0.2, 0.25) is 0 Å². The summed E-state index contributed by atoms with van der Waals surface area (Å²) >= 11 is 0. The number of pyridine rings is 1. The van der Waals surface area contributed by atoms with E-state index in [0.29, 0.717) is 13.2 Å². The smallest absolute Gasteiger partial charge is 0.327 e. The minimum absolute atomic E-state index is 0.0612. The summed E-state index contributed by atoms with van der Waals surface area (Å²) in [5.74, 6) is -0.586. The van der Waals surface area contributed by atoms with E-state index < -0.39 is 0 Å². The molecule has 9 nitrogen and oxygen atoms in total. The van der Waals surface area contributed by atoms with Crippen LogP contribution in [0.1, 0.15) is 62.0 Å². The Hall–Kier alpha value is -3.49. The minimum Gasteiger partial charge on any atom is -0.465 e. The number of fused-ring (bicyclic) bond motifs is 2. The van der Waals surface area contributed by atoms with E-state index in [1.54, 1.807) is 16.3 Å². The number of carbonyl (C=O) groups excluding carboxylic acids is 2. The normalized spacial score (nSPS) is 14.7. The van der Waals surface area contributed by atoms with E-state index in [2.05, 4.69) is 0 Å². The summed E-state index contributed by atoms with van der Waals surface area (Å²) < 4.78 is 13.9. The summed E-state index contributed by atoms with van der Waals surface area (Å²) in [6.45, 7) is 4.47. The summed E-state index contributed by atoms with van der Waals surface area (Å²) in [7, 11) is 0. The van der Waals surface area contributed by atoms with Crippen LogP contribution in [0.3, 0.4) is 0 Å². The lowest BCUT2D eigenvalue weighted by Crippen LogP contribution is -2.17. The molecule has 3 aromatic heterocycles. The number of aryl methyl sites for hydroxylation is 1. The third-order valence-electron chi connectivity index (χ3n) is 6.88. The van der Waals surface area contributed by atoms with Crippen LogP contribution in [0.15, 0.2) is 18.2 Å². The van der Waals surface area contributed by atoms with E-state index in [9.17, 15) is 9.59 Å². The molecule has 0 amide bonds. The zero-order valence-corrected chi connectivity index (χ0v) is 21.1. The van der Waals surface area contributed by atoms with Crippen LogP contribution in [-0.4, -0.2) is 49.7 Å². The Balaban J connectivity index is 1.55. The Kier molecular flexibility index (Phi) is 7.16. The van der Waals surface area contributed by atoms with Gasteiger partial charge in [-0.1, -0.05) is 6.07 Å². The Bertz CT molecular complexity index is 1280. The number of carbonyl (C=O) groups is 2. The van der Waals surface area contributed by atoms with Gasteiger partial charge >= 0.3 is 11.9 Å². The van der Waals surface area contributed by atoms with Crippen molar-refractivity contribution in [3.8, 4) is 22.8 Å². The van der Waals surface area contributed by atoms with Crippen LogP contribution >= 0.6 is 0 Å². The molecule has 0 aromatic carbocycles. The molecule has 36 heavy (non-hydrogen) atoms. The molecule has 0 radical (unpaired) electrons. The first-order valence-electron chi connectivity index (χ1n) is 13.0. The van der Waals surface area contributed by atoms with Gasteiger partial charge in [-0.05, 0) is 77.3 Å². The van der Waals surface area contributed by atoms with Gasteiger partial charge in [-0.25, -0.2) is 4.98 Å². The lowest BCUT2D eigenvalue weighted by Gasteiger charge is -2.14. The molecule has 190 valence electrons. The van der Waals surface area contributed by atoms with E-state index in [4.69, 9.17) is 24.7 Å². The van der Waals surface area contributed by atoms with Gasteiger partial charge in [0.1, 0.15) is 18.8 Å². The standard InChI is InChI=1S/C27H33N5O4/c1-3-35-24(33)16-31-23-15-8-6-11-19(23)26(30-31)21-13-9-14-22(28-21)27-18-10-5-7-12-20(18)29-32(27)17-25(34)36-4-2/h9,13-14H,3-8,10-12,15-17H2,1-2H3. The predicted octanol–water partition coefficient (Wildman–Crippen LogP) is 3.69. The number of nitrogens with zero attached hydrogens (tertiary/aromatic N) is 5. The molecule has 0 N–H and O–H groups in total. The monoisotopic (exact) mass is 491 g/mol. The zero-order valence-electron chi connectivity index (χ0n) is 21.1. The van der Waals surface area contributed by atoms with Crippen molar-refractivity contribution in [3.05, 3.63) is 40.7 Å². The van der Waals surface area contributed by atoms with E-state index in [0.717, 1.165) is 91.1 Å². The van der Waals surface area contributed by atoms with Crippen LogP contribution in [0.4, 0.5) is 0 Å². The van der Waals surface area contributed by atoms with Gasteiger partial charge in [-0.2, -0.15) is 10.2 Å². The van der Waals surface area contributed by atoms with Crippen molar-refractivity contribution in [2.45, 2.75) is 78.3 Å². The Morgan fingerprint density at radius 3 is 2.19 bits per heavy atom. The maximum absolute atomic E-state index is 12.3. The second-order valence-electron chi connectivity index (χ2n) is 9.30. The highest BCUT2D eigenvalue weighted by Gasteiger charge is 2.27. The van der Waals surface area contributed by atoms with Crippen LogP contribution in [0.25, 0.3) is 22.8 Å². The SMILES string of the molecule is CCOC(=O)Cn1nc(-c2cccc(-c3c4c(nn3CC(=O)OCC)CCCC4)n2)c2c1CCCC2. The molecule has 2 aliphatic carbocycles. The third kappa shape index (κ3) is 4.79.